The molecule has 0 heterocycles. The van der Waals surface area contributed by atoms with Gasteiger partial charge in [-0.15, -0.1) is 0 Å². The van der Waals surface area contributed by atoms with Crippen LogP contribution in [0.5, 0.6) is 0 Å². The van der Waals surface area contributed by atoms with Crippen molar-refractivity contribution in [3.8, 4) is 0 Å². The predicted molar refractivity (Wildman–Crippen MR) is 73.1 cm³/mol. The summed E-state index contributed by atoms with van der Waals surface area (Å²) >= 11 is 5.92. The third-order valence-electron chi connectivity index (χ3n) is 3.17. The first-order valence-electron chi connectivity index (χ1n) is 6.06. The molecule has 0 spiro atoms. The van der Waals surface area contributed by atoms with Gasteiger partial charge in [-0.2, -0.15) is 0 Å². The van der Waals surface area contributed by atoms with Gasteiger partial charge in [0.25, 0.3) is 0 Å². The third kappa shape index (κ3) is 3.16. The number of anilines is 1. The Kier molecular flexibility index (Phi) is 4.14. The zero-order chi connectivity index (χ0) is 13.2. The Morgan fingerprint density at radius 2 is 1.89 bits per heavy atom. The monoisotopic (exact) mass is 288 g/mol. The zero-order valence-corrected chi connectivity index (χ0v) is 11.6. The molecular weight excluding hydrogens is 272 g/mol. The molecule has 4 nitrogen and oxygen atoms in total. The van der Waals surface area contributed by atoms with Crippen molar-refractivity contribution in [3.63, 3.8) is 0 Å². The Hall–Kier alpha value is -0.780. The Bertz CT molecular complexity index is 525. The maximum absolute atomic E-state index is 12.2. The normalized spacial score (nSPS) is 17.8. The van der Waals surface area contributed by atoms with Crippen LogP contribution in [0.4, 0.5) is 5.69 Å². The van der Waals surface area contributed by atoms with Crippen LogP contribution in [0, 0.1) is 0 Å². The number of rotatable bonds is 3. The lowest BCUT2D eigenvalue weighted by Gasteiger charge is -2.22. The van der Waals surface area contributed by atoms with Crippen molar-refractivity contribution >= 4 is 27.3 Å². The van der Waals surface area contributed by atoms with E-state index in [4.69, 9.17) is 17.3 Å². The van der Waals surface area contributed by atoms with E-state index in [1.165, 1.54) is 18.6 Å². The molecule has 6 heteroatoms. The van der Waals surface area contributed by atoms with Crippen molar-refractivity contribution in [1.82, 2.24) is 4.72 Å². The van der Waals surface area contributed by atoms with Gasteiger partial charge in [0.15, 0.2) is 0 Å². The molecule has 2 rings (SSSR count). The molecule has 1 aliphatic rings. The van der Waals surface area contributed by atoms with Crippen LogP contribution >= 0.6 is 11.6 Å². The molecule has 1 aliphatic carbocycles. The fraction of sp³-hybridized carbons (Fsp3) is 0.500. The fourth-order valence-electron chi connectivity index (χ4n) is 2.23. The van der Waals surface area contributed by atoms with Crippen LogP contribution in [0.15, 0.2) is 23.1 Å². The van der Waals surface area contributed by atoms with Crippen molar-refractivity contribution in [3.05, 3.63) is 23.2 Å². The first-order valence-corrected chi connectivity index (χ1v) is 7.92. The van der Waals surface area contributed by atoms with E-state index in [1.54, 1.807) is 6.07 Å². The lowest BCUT2D eigenvalue weighted by molar-refractivity contribution is 0.412. The van der Waals surface area contributed by atoms with E-state index >= 15 is 0 Å². The van der Waals surface area contributed by atoms with Gasteiger partial charge in [0.2, 0.25) is 10.0 Å². The minimum absolute atomic E-state index is 0.0150. The van der Waals surface area contributed by atoms with E-state index < -0.39 is 10.0 Å². The van der Waals surface area contributed by atoms with Crippen molar-refractivity contribution in [1.29, 1.82) is 0 Å². The molecule has 0 aliphatic heterocycles. The van der Waals surface area contributed by atoms with Crippen molar-refractivity contribution in [2.45, 2.75) is 43.0 Å². The van der Waals surface area contributed by atoms with Crippen molar-refractivity contribution < 1.29 is 8.42 Å². The van der Waals surface area contributed by atoms with E-state index in [-0.39, 0.29) is 16.0 Å². The van der Waals surface area contributed by atoms with Gasteiger partial charge in [-0.25, -0.2) is 13.1 Å². The van der Waals surface area contributed by atoms with E-state index in [2.05, 4.69) is 4.72 Å². The molecule has 0 bridgehead atoms. The summed E-state index contributed by atoms with van der Waals surface area (Å²) in [6, 6.07) is 4.50. The largest absolute Gasteiger partial charge is 0.399 e. The number of halogens is 1. The quantitative estimate of drug-likeness (QED) is 0.840. The fourth-order valence-corrected chi connectivity index (χ4v) is 4.07. The SMILES string of the molecule is Nc1ccc(Cl)c(S(=O)(=O)NC2CCCCC2)c1. The summed E-state index contributed by atoms with van der Waals surface area (Å²) in [5.41, 5.74) is 6.00. The van der Waals surface area contributed by atoms with Gasteiger partial charge < -0.3 is 5.73 Å². The van der Waals surface area contributed by atoms with Gasteiger partial charge in [-0.1, -0.05) is 30.9 Å². The molecule has 0 aromatic heterocycles. The molecule has 0 unspecified atom stereocenters. The van der Waals surface area contributed by atoms with Crippen LogP contribution in [-0.2, 0) is 10.0 Å². The predicted octanol–water partition coefficient (Wildman–Crippen LogP) is 2.53. The van der Waals surface area contributed by atoms with E-state index in [9.17, 15) is 8.42 Å². The molecular formula is C12H17ClN2O2S. The first kappa shape index (κ1) is 13.6. The van der Waals surface area contributed by atoms with Crippen LogP contribution in [0.2, 0.25) is 5.02 Å². The number of hydrogen-bond acceptors (Lipinski definition) is 3. The second-order valence-electron chi connectivity index (χ2n) is 4.65. The van der Waals surface area contributed by atoms with Crippen LogP contribution in [0.3, 0.4) is 0 Å². The van der Waals surface area contributed by atoms with Crippen LogP contribution in [-0.4, -0.2) is 14.5 Å². The van der Waals surface area contributed by atoms with Gasteiger partial charge in [0.1, 0.15) is 4.90 Å². The number of nitrogens with one attached hydrogen (secondary N) is 1. The standard InChI is InChI=1S/C12H17ClN2O2S/c13-11-7-6-9(14)8-12(11)18(16,17)15-10-4-2-1-3-5-10/h6-8,10,15H,1-5,14H2. The third-order valence-corrected chi connectivity index (χ3v) is 5.17. The van der Waals surface area contributed by atoms with Crippen LogP contribution < -0.4 is 10.5 Å². The van der Waals surface area contributed by atoms with Gasteiger partial charge >= 0.3 is 0 Å². The molecule has 0 saturated heterocycles. The molecule has 1 aromatic rings. The van der Waals surface area contributed by atoms with Gasteiger partial charge in [-0.05, 0) is 31.0 Å². The highest BCUT2D eigenvalue weighted by atomic mass is 35.5. The summed E-state index contributed by atoms with van der Waals surface area (Å²) in [6.07, 6.45) is 5.09. The van der Waals surface area contributed by atoms with Gasteiger partial charge in [0, 0.05) is 11.7 Å². The van der Waals surface area contributed by atoms with E-state index in [0.29, 0.717) is 5.69 Å². The lowest BCUT2D eigenvalue weighted by atomic mass is 9.96. The maximum Gasteiger partial charge on any atom is 0.242 e. The van der Waals surface area contributed by atoms with E-state index in [0.717, 1.165) is 25.7 Å². The molecule has 0 atom stereocenters. The summed E-state index contributed by atoms with van der Waals surface area (Å²) in [4.78, 5) is 0.0646. The highest BCUT2D eigenvalue weighted by Gasteiger charge is 2.23. The highest BCUT2D eigenvalue weighted by Crippen LogP contribution is 2.25. The number of hydrogen-bond donors (Lipinski definition) is 2. The van der Waals surface area contributed by atoms with E-state index in [1.807, 2.05) is 0 Å². The topological polar surface area (TPSA) is 72.2 Å². The average Bonchev–Trinajstić information content (AvgIpc) is 2.33. The van der Waals surface area contributed by atoms with Crippen molar-refractivity contribution in [2.75, 3.05) is 5.73 Å². The maximum atomic E-state index is 12.2. The molecule has 0 radical (unpaired) electrons. The number of sulfonamides is 1. The van der Waals surface area contributed by atoms with Crippen LogP contribution in [0.25, 0.3) is 0 Å². The lowest BCUT2D eigenvalue weighted by Crippen LogP contribution is -2.36. The van der Waals surface area contributed by atoms with Crippen molar-refractivity contribution in [2.24, 2.45) is 0 Å². The molecule has 1 fully saturated rings. The summed E-state index contributed by atoms with van der Waals surface area (Å²) in [6.45, 7) is 0. The Balaban J connectivity index is 2.21. The molecule has 0 amide bonds. The van der Waals surface area contributed by atoms with Crippen LogP contribution in [0.1, 0.15) is 32.1 Å². The Labute approximate surface area is 113 Å². The summed E-state index contributed by atoms with van der Waals surface area (Å²) in [5.74, 6) is 0. The summed E-state index contributed by atoms with van der Waals surface area (Å²) in [7, 11) is -3.58. The number of nitrogens with two attached hydrogens (primary N) is 1. The number of nitrogen functional groups attached to an aromatic ring is 1. The zero-order valence-electron chi connectivity index (χ0n) is 10.0. The minimum Gasteiger partial charge on any atom is -0.399 e. The molecule has 1 saturated carbocycles. The Morgan fingerprint density at radius 3 is 2.56 bits per heavy atom. The molecule has 1 aromatic carbocycles. The first-order chi connectivity index (χ1) is 8.49. The minimum atomic E-state index is -3.58. The average molecular weight is 289 g/mol. The Morgan fingerprint density at radius 1 is 1.22 bits per heavy atom. The second-order valence-corrected chi connectivity index (χ2v) is 6.74. The summed E-state index contributed by atoms with van der Waals surface area (Å²) < 4.78 is 27.2. The van der Waals surface area contributed by atoms with Gasteiger partial charge in [0.05, 0.1) is 5.02 Å². The summed E-state index contributed by atoms with van der Waals surface area (Å²) in [5, 5.41) is 0.201. The molecule has 100 valence electrons. The second kappa shape index (κ2) is 5.47. The molecule has 18 heavy (non-hydrogen) atoms. The van der Waals surface area contributed by atoms with Gasteiger partial charge in [-0.3, -0.25) is 0 Å². The number of benzene rings is 1. The highest BCUT2D eigenvalue weighted by molar-refractivity contribution is 7.89. The smallest absolute Gasteiger partial charge is 0.242 e. The molecule has 3 N–H and O–H groups in total.